The number of hydrogen-bond donors (Lipinski definition) is 1. The van der Waals surface area contributed by atoms with Crippen LogP contribution >= 0.6 is 0 Å². The molecule has 13 heavy (non-hydrogen) atoms. The van der Waals surface area contributed by atoms with E-state index in [0.717, 1.165) is 12.8 Å². The Hall–Kier alpha value is -0.790. The molecule has 0 spiro atoms. The van der Waals surface area contributed by atoms with E-state index in [0.29, 0.717) is 0 Å². The number of aliphatic carboxylic acids is 1. The molecule has 0 saturated carbocycles. The van der Waals surface area contributed by atoms with Crippen molar-refractivity contribution in [3.05, 3.63) is 12.2 Å². The second-order valence-corrected chi connectivity index (χ2v) is 3.95. The summed E-state index contributed by atoms with van der Waals surface area (Å²) in [5.41, 5.74) is -0.650. The van der Waals surface area contributed by atoms with Gasteiger partial charge in [-0.05, 0) is 33.1 Å². The van der Waals surface area contributed by atoms with E-state index in [2.05, 4.69) is 6.92 Å². The molecule has 0 aromatic heterocycles. The van der Waals surface area contributed by atoms with Crippen molar-refractivity contribution in [1.29, 1.82) is 0 Å². The summed E-state index contributed by atoms with van der Waals surface area (Å²) in [7, 11) is 0. The lowest BCUT2D eigenvalue weighted by Crippen LogP contribution is -2.31. The van der Waals surface area contributed by atoms with E-state index in [1.165, 1.54) is 0 Å². The number of rotatable bonds is 5. The van der Waals surface area contributed by atoms with Crippen LogP contribution in [0.2, 0.25) is 0 Å². The van der Waals surface area contributed by atoms with Gasteiger partial charge in [0.05, 0.1) is 5.41 Å². The Morgan fingerprint density at radius 3 is 2.38 bits per heavy atom. The van der Waals surface area contributed by atoms with Crippen molar-refractivity contribution in [2.75, 3.05) is 0 Å². The van der Waals surface area contributed by atoms with Crippen LogP contribution in [0.25, 0.3) is 0 Å². The van der Waals surface area contributed by atoms with Crippen LogP contribution in [-0.2, 0) is 4.79 Å². The zero-order chi connectivity index (χ0) is 10.5. The van der Waals surface area contributed by atoms with Gasteiger partial charge in [-0.1, -0.05) is 25.5 Å². The van der Waals surface area contributed by atoms with Crippen molar-refractivity contribution < 1.29 is 9.90 Å². The maximum absolute atomic E-state index is 11.0. The fourth-order valence-electron chi connectivity index (χ4n) is 1.40. The molecular weight excluding hydrogens is 164 g/mol. The summed E-state index contributed by atoms with van der Waals surface area (Å²) in [6.45, 7) is 7.58. The minimum absolute atomic E-state index is 0.139. The summed E-state index contributed by atoms with van der Waals surface area (Å²) in [5, 5.41) is 9.03. The summed E-state index contributed by atoms with van der Waals surface area (Å²) in [6.07, 6.45) is 5.89. The van der Waals surface area contributed by atoms with Gasteiger partial charge in [-0.15, -0.1) is 0 Å². The SMILES string of the molecule is C/C=C/[C@@H](CCC)C(C)(C)C(=O)O. The van der Waals surface area contributed by atoms with E-state index in [1.54, 1.807) is 13.8 Å². The molecule has 1 atom stereocenters. The molecule has 0 saturated heterocycles. The summed E-state index contributed by atoms with van der Waals surface area (Å²) in [4.78, 5) is 11.0. The molecule has 1 N–H and O–H groups in total. The maximum Gasteiger partial charge on any atom is 0.309 e. The molecule has 0 unspecified atom stereocenters. The van der Waals surface area contributed by atoms with Gasteiger partial charge in [0, 0.05) is 0 Å². The van der Waals surface area contributed by atoms with Crippen LogP contribution in [0.4, 0.5) is 0 Å². The molecule has 76 valence electrons. The van der Waals surface area contributed by atoms with Crippen molar-refractivity contribution >= 4 is 5.97 Å². The molecule has 0 aromatic rings. The minimum Gasteiger partial charge on any atom is -0.481 e. The average Bonchev–Trinajstić information content (AvgIpc) is 2.03. The summed E-state index contributed by atoms with van der Waals surface area (Å²) in [6, 6.07) is 0. The molecule has 0 bridgehead atoms. The van der Waals surface area contributed by atoms with Crippen molar-refractivity contribution in [2.45, 2.75) is 40.5 Å². The highest BCUT2D eigenvalue weighted by Crippen LogP contribution is 2.31. The predicted octanol–water partition coefficient (Wildman–Crippen LogP) is 3.09. The first-order valence-electron chi connectivity index (χ1n) is 4.83. The Kier molecular flexibility index (Phi) is 4.74. The van der Waals surface area contributed by atoms with Gasteiger partial charge in [0.1, 0.15) is 0 Å². The van der Waals surface area contributed by atoms with Crippen molar-refractivity contribution in [1.82, 2.24) is 0 Å². The van der Waals surface area contributed by atoms with E-state index in [9.17, 15) is 4.79 Å². The fraction of sp³-hybridized carbons (Fsp3) is 0.727. The van der Waals surface area contributed by atoms with E-state index in [1.807, 2.05) is 19.1 Å². The molecule has 2 heteroatoms. The molecule has 0 aromatic carbocycles. The topological polar surface area (TPSA) is 37.3 Å². The lowest BCUT2D eigenvalue weighted by Gasteiger charge is -2.27. The monoisotopic (exact) mass is 184 g/mol. The first-order chi connectivity index (χ1) is 5.96. The van der Waals surface area contributed by atoms with E-state index >= 15 is 0 Å². The fourth-order valence-corrected chi connectivity index (χ4v) is 1.40. The van der Waals surface area contributed by atoms with E-state index in [-0.39, 0.29) is 5.92 Å². The van der Waals surface area contributed by atoms with Crippen LogP contribution in [-0.4, -0.2) is 11.1 Å². The van der Waals surface area contributed by atoms with Crippen molar-refractivity contribution in [2.24, 2.45) is 11.3 Å². The van der Waals surface area contributed by atoms with E-state index in [4.69, 9.17) is 5.11 Å². The van der Waals surface area contributed by atoms with Crippen molar-refractivity contribution in [3.63, 3.8) is 0 Å². The quantitative estimate of drug-likeness (QED) is 0.667. The van der Waals surface area contributed by atoms with Crippen LogP contribution in [0, 0.1) is 11.3 Å². The van der Waals surface area contributed by atoms with Crippen molar-refractivity contribution in [3.8, 4) is 0 Å². The Morgan fingerprint density at radius 2 is 2.08 bits per heavy atom. The molecular formula is C11H20O2. The van der Waals surface area contributed by atoms with Gasteiger partial charge in [-0.25, -0.2) is 0 Å². The summed E-state index contributed by atoms with van der Waals surface area (Å²) < 4.78 is 0. The molecule has 0 amide bonds. The van der Waals surface area contributed by atoms with Gasteiger partial charge in [-0.3, -0.25) is 4.79 Å². The third-order valence-electron chi connectivity index (χ3n) is 2.50. The van der Waals surface area contributed by atoms with Gasteiger partial charge in [0.25, 0.3) is 0 Å². The third kappa shape index (κ3) is 3.21. The lowest BCUT2D eigenvalue weighted by atomic mass is 9.76. The second kappa shape index (κ2) is 5.05. The number of allylic oxidation sites excluding steroid dienone is 2. The number of carbonyl (C=O) groups is 1. The Morgan fingerprint density at radius 1 is 1.54 bits per heavy atom. The van der Waals surface area contributed by atoms with Gasteiger partial charge in [0.15, 0.2) is 0 Å². The molecule has 0 aliphatic carbocycles. The first-order valence-corrected chi connectivity index (χ1v) is 4.83. The maximum atomic E-state index is 11.0. The molecule has 0 radical (unpaired) electrons. The largest absolute Gasteiger partial charge is 0.481 e. The number of hydrogen-bond acceptors (Lipinski definition) is 1. The number of carboxylic acids is 1. The zero-order valence-electron chi connectivity index (χ0n) is 9.00. The van der Waals surface area contributed by atoms with Gasteiger partial charge in [0.2, 0.25) is 0 Å². The molecule has 0 aliphatic heterocycles. The van der Waals surface area contributed by atoms with Crippen LogP contribution in [0.15, 0.2) is 12.2 Å². The second-order valence-electron chi connectivity index (χ2n) is 3.95. The first kappa shape index (κ1) is 12.2. The Balaban J connectivity index is 4.60. The molecule has 0 heterocycles. The highest BCUT2D eigenvalue weighted by atomic mass is 16.4. The van der Waals surface area contributed by atoms with Crippen LogP contribution in [0.1, 0.15) is 40.5 Å². The number of carboxylic acid groups (broad SMARTS) is 1. The summed E-state index contributed by atoms with van der Waals surface area (Å²) in [5.74, 6) is -0.580. The minimum atomic E-state index is -0.718. The van der Waals surface area contributed by atoms with Gasteiger partial charge < -0.3 is 5.11 Å². The van der Waals surface area contributed by atoms with E-state index < -0.39 is 11.4 Å². The third-order valence-corrected chi connectivity index (χ3v) is 2.50. The van der Waals surface area contributed by atoms with Crippen LogP contribution in [0.3, 0.4) is 0 Å². The van der Waals surface area contributed by atoms with Crippen LogP contribution < -0.4 is 0 Å². The van der Waals surface area contributed by atoms with Crippen LogP contribution in [0.5, 0.6) is 0 Å². The average molecular weight is 184 g/mol. The Labute approximate surface area is 80.7 Å². The predicted molar refractivity (Wildman–Crippen MR) is 54.6 cm³/mol. The lowest BCUT2D eigenvalue weighted by molar-refractivity contribution is -0.149. The molecule has 0 rings (SSSR count). The zero-order valence-corrected chi connectivity index (χ0v) is 9.00. The molecule has 0 fully saturated rings. The summed E-state index contributed by atoms with van der Waals surface area (Å²) >= 11 is 0. The molecule has 0 aliphatic rings. The van der Waals surface area contributed by atoms with Gasteiger partial charge in [-0.2, -0.15) is 0 Å². The highest BCUT2D eigenvalue weighted by Gasteiger charge is 2.34. The Bertz CT molecular complexity index is 192. The normalized spacial score (nSPS) is 14.8. The van der Waals surface area contributed by atoms with Gasteiger partial charge >= 0.3 is 5.97 Å². The smallest absolute Gasteiger partial charge is 0.309 e. The highest BCUT2D eigenvalue weighted by molar-refractivity contribution is 5.74. The molecule has 2 nitrogen and oxygen atoms in total. The standard InChI is InChI=1S/C11H20O2/c1-5-7-9(8-6-2)11(3,4)10(12)13/h5,7,9H,6,8H2,1-4H3,(H,12,13)/b7-5+/t9-/m0/s1.